The highest BCUT2D eigenvalue weighted by Gasteiger charge is 2.20. The average Bonchev–Trinajstić information content (AvgIpc) is 2.47. The molecule has 0 aliphatic carbocycles. The van der Waals surface area contributed by atoms with Crippen molar-refractivity contribution in [3.8, 4) is 0 Å². The fourth-order valence-electron chi connectivity index (χ4n) is 2.91. The highest BCUT2D eigenvalue weighted by Crippen LogP contribution is 2.19. The highest BCUT2D eigenvalue weighted by molar-refractivity contribution is 5.78. The maximum absolute atomic E-state index is 13.3. The van der Waals surface area contributed by atoms with Crippen molar-refractivity contribution < 1.29 is 13.6 Å². The molecule has 1 fully saturated rings. The van der Waals surface area contributed by atoms with E-state index in [2.05, 4.69) is 17.1 Å². The van der Waals surface area contributed by atoms with E-state index in [4.69, 9.17) is 0 Å². The largest absolute Gasteiger partial charge is 0.369 e. The molecule has 1 amide bonds. The molecule has 1 N–H and O–H groups in total. The molecule has 0 spiro atoms. The van der Waals surface area contributed by atoms with Crippen molar-refractivity contribution in [2.24, 2.45) is 0 Å². The molecular weight excluding hydrogens is 300 g/mol. The predicted octanol–water partition coefficient (Wildman–Crippen LogP) is 2.39. The van der Waals surface area contributed by atoms with Crippen LogP contribution in [-0.4, -0.2) is 49.6 Å². The van der Waals surface area contributed by atoms with Gasteiger partial charge in [-0.25, -0.2) is 8.78 Å². The van der Waals surface area contributed by atoms with Gasteiger partial charge in [-0.3, -0.25) is 9.69 Å². The summed E-state index contributed by atoms with van der Waals surface area (Å²) in [5.41, 5.74) is 0.558. The molecule has 4 nitrogen and oxygen atoms in total. The van der Waals surface area contributed by atoms with Crippen molar-refractivity contribution in [2.45, 2.75) is 32.7 Å². The van der Waals surface area contributed by atoms with Crippen LogP contribution in [0, 0.1) is 11.6 Å². The fourth-order valence-corrected chi connectivity index (χ4v) is 2.91. The first kappa shape index (κ1) is 17.7. The van der Waals surface area contributed by atoms with Crippen LogP contribution in [0.2, 0.25) is 0 Å². The van der Waals surface area contributed by atoms with E-state index >= 15 is 0 Å². The van der Waals surface area contributed by atoms with Crippen LogP contribution < -0.4 is 10.2 Å². The van der Waals surface area contributed by atoms with E-state index in [0.29, 0.717) is 38.4 Å². The van der Waals surface area contributed by atoms with Crippen LogP contribution in [0.4, 0.5) is 14.5 Å². The van der Waals surface area contributed by atoms with Gasteiger partial charge in [-0.05, 0) is 25.5 Å². The second kappa shape index (κ2) is 8.24. The van der Waals surface area contributed by atoms with E-state index in [1.807, 2.05) is 11.8 Å². The molecule has 0 saturated carbocycles. The summed E-state index contributed by atoms with van der Waals surface area (Å²) in [5.74, 6) is -1.09. The van der Waals surface area contributed by atoms with Crippen molar-refractivity contribution in [3.63, 3.8) is 0 Å². The van der Waals surface area contributed by atoms with Crippen LogP contribution in [0.3, 0.4) is 0 Å². The van der Waals surface area contributed by atoms with Crippen LogP contribution in [0.1, 0.15) is 26.7 Å². The number of nitrogens with zero attached hydrogens (tertiary/aromatic N) is 2. The van der Waals surface area contributed by atoms with E-state index in [1.165, 1.54) is 12.1 Å². The summed E-state index contributed by atoms with van der Waals surface area (Å²) in [6, 6.07) is 3.76. The molecule has 1 atom stereocenters. The van der Waals surface area contributed by atoms with Gasteiger partial charge in [-0.2, -0.15) is 0 Å². The van der Waals surface area contributed by atoms with Gasteiger partial charge >= 0.3 is 0 Å². The molecule has 0 bridgehead atoms. The summed E-state index contributed by atoms with van der Waals surface area (Å²) in [5, 5.41) is 2.99. The lowest BCUT2D eigenvalue weighted by Crippen LogP contribution is -2.50. The summed E-state index contributed by atoms with van der Waals surface area (Å²) in [4.78, 5) is 16.0. The lowest BCUT2D eigenvalue weighted by Gasteiger charge is -2.35. The first-order chi connectivity index (χ1) is 11.0. The van der Waals surface area contributed by atoms with Gasteiger partial charge in [0.2, 0.25) is 5.91 Å². The van der Waals surface area contributed by atoms with Gasteiger partial charge in [0.1, 0.15) is 11.6 Å². The van der Waals surface area contributed by atoms with Gasteiger partial charge in [0, 0.05) is 44.0 Å². The molecule has 6 heteroatoms. The smallest absolute Gasteiger partial charge is 0.234 e. The number of hydrogen-bond donors (Lipinski definition) is 1. The maximum atomic E-state index is 13.3. The Balaban J connectivity index is 1.80. The molecule has 2 rings (SSSR count). The number of piperazine rings is 1. The standard InChI is InChI=1S/C17H25F2N3O/c1-3-4-13(2)20-17(23)12-21-5-7-22(8-6-21)16-10-14(18)9-15(19)11-16/h9-11,13H,3-8,12H2,1-2H3,(H,20,23). The molecule has 1 heterocycles. The Bertz CT molecular complexity index is 510. The molecule has 0 radical (unpaired) electrons. The average molecular weight is 325 g/mol. The molecule has 1 unspecified atom stereocenters. The van der Waals surface area contributed by atoms with Gasteiger partial charge in [0.05, 0.1) is 6.54 Å². The van der Waals surface area contributed by atoms with E-state index in [1.54, 1.807) is 0 Å². The first-order valence-corrected chi connectivity index (χ1v) is 8.20. The summed E-state index contributed by atoms with van der Waals surface area (Å²) in [7, 11) is 0. The van der Waals surface area contributed by atoms with Crippen molar-refractivity contribution in [2.75, 3.05) is 37.6 Å². The molecule has 1 saturated heterocycles. The molecule has 1 aromatic rings. The number of hydrogen-bond acceptors (Lipinski definition) is 3. The van der Waals surface area contributed by atoms with Gasteiger partial charge < -0.3 is 10.2 Å². The normalized spacial score (nSPS) is 17.1. The van der Waals surface area contributed by atoms with Gasteiger partial charge in [0.15, 0.2) is 0 Å². The lowest BCUT2D eigenvalue weighted by molar-refractivity contribution is -0.122. The van der Waals surface area contributed by atoms with Gasteiger partial charge in [-0.15, -0.1) is 0 Å². The zero-order valence-electron chi connectivity index (χ0n) is 13.8. The summed E-state index contributed by atoms with van der Waals surface area (Å²) in [6.45, 7) is 7.19. The second-order valence-electron chi connectivity index (χ2n) is 6.15. The minimum atomic E-state index is -0.563. The summed E-state index contributed by atoms with van der Waals surface area (Å²) < 4.78 is 26.6. The van der Waals surface area contributed by atoms with Gasteiger partial charge in [-0.1, -0.05) is 13.3 Å². The second-order valence-corrected chi connectivity index (χ2v) is 6.15. The van der Waals surface area contributed by atoms with Crippen LogP contribution in [0.15, 0.2) is 18.2 Å². The van der Waals surface area contributed by atoms with E-state index in [-0.39, 0.29) is 11.9 Å². The molecular formula is C17H25F2N3O. The van der Waals surface area contributed by atoms with Crippen molar-refractivity contribution in [1.82, 2.24) is 10.2 Å². The maximum Gasteiger partial charge on any atom is 0.234 e. The first-order valence-electron chi connectivity index (χ1n) is 8.20. The number of rotatable bonds is 6. The van der Waals surface area contributed by atoms with Crippen LogP contribution >= 0.6 is 0 Å². The Morgan fingerprint density at radius 1 is 1.17 bits per heavy atom. The molecule has 1 aliphatic heterocycles. The third-order valence-corrected chi connectivity index (χ3v) is 4.08. The highest BCUT2D eigenvalue weighted by atomic mass is 19.1. The molecule has 1 aliphatic rings. The minimum Gasteiger partial charge on any atom is -0.369 e. The van der Waals surface area contributed by atoms with E-state index in [9.17, 15) is 13.6 Å². The van der Waals surface area contributed by atoms with Crippen LogP contribution in [0.25, 0.3) is 0 Å². The summed E-state index contributed by atoms with van der Waals surface area (Å²) in [6.07, 6.45) is 2.02. The number of carbonyl (C=O) groups is 1. The third kappa shape index (κ3) is 5.46. The quantitative estimate of drug-likeness (QED) is 0.872. The molecule has 0 aromatic heterocycles. The zero-order chi connectivity index (χ0) is 16.8. The topological polar surface area (TPSA) is 35.6 Å². The van der Waals surface area contributed by atoms with Crippen molar-refractivity contribution >= 4 is 11.6 Å². The number of carbonyl (C=O) groups excluding carboxylic acids is 1. The molecule has 1 aromatic carbocycles. The Kier molecular flexibility index (Phi) is 6.33. The van der Waals surface area contributed by atoms with Crippen molar-refractivity contribution in [3.05, 3.63) is 29.8 Å². The molecule has 23 heavy (non-hydrogen) atoms. The third-order valence-electron chi connectivity index (χ3n) is 4.08. The zero-order valence-corrected chi connectivity index (χ0v) is 13.8. The van der Waals surface area contributed by atoms with Crippen LogP contribution in [0.5, 0.6) is 0 Å². The number of amides is 1. The van der Waals surface area contributed by atoms with Crippen molar-refractivity contribution in [1.29, 1.82) is 0 Å². The van der Waals surface area contributed by atoms with Crippen LogP contribution in [-0.2, 0) is 4.79 Å². The summed E-state index contributed by atoms with van der Waals surface area (Å²) >= 11 is 0. The lowest BCUT2D eigenvalue weighted by atomic mass is 10.2. The Labute approximate surface area is 136 Å². The molecule has 128 valence electrons. The van der Waals surface area contributed by atoms with E-state index in [0.717, 1.165) is 18.9 Å². The number of benzene rings is 1. The monoisotopic (exact) mass is 325 g/mol. The Hall–Kier alpha value is -1.69. The Morgan fingerprint density at radius 2 is 1.78 bits per heavy atom. The SMILES string of the molecule is CCCC(C)NC(=O)CN1CCN(c2cc(F)cc(F)c2)CC1. The fraction of sp³-hybridized carbons (Fsp3) is 0.588. The van der Waals surface area contributed by atoms with Gasteiger partial charge in [0.25, 0.3) is 0 Å². The van der Waals surface area contributed by atoms with E-state index < -0.39 is 11.6 Å². The number of halogens is 2. The number of nitrogens with one attached hydrogen (secondary N) is 1. The minimum absolute atomic E-state index is 0.0381. The Morgan fingerprint density at radius 3 is 2.35 bits per heavy atom. The number of anilines is 1. The predicted molar refractivity (Wildman–Crippen MR) is 87.5 cm³/mol.